The molecule has 9 heterocycles. The molecule has 0 aliphatic carbocycles. The SMILES string of the molecule is CC(=O)N[C@H]1[C@H]2OC[C@](COCCOCCOCCOCCn3cc(COCC(COCc4cn(CCOCCOCCOCCOC[C@@]56CO[C@@H](O5)[C@H](NC(C)=O)[C@@H](O)[C@H]6O)nn4)(COCc4cn(CCOCCOCCOCCOC[C@@]56CO[C@@H](O5)[C@H](NC(C)=O)[C@@H](O)[C@H]6O)nn4)NC(O)CCCCCNC(=O)CCCCCN=[N+]=[N-])nn3)(O2)[C@H](O)[C@@H]1O. The van der Waals surface area contributed by atoms with Gasteiger partial charge in [0.1, 0.15) is 94.9 Å². The topological polar surface area (TPSA) is 605 Å². The minimum absolute atomic E-state index is 0.00686. The van der Waals surface area contributed by atoms with Gasteiger partial charge in [-0.2, -0.15) is 0 Å². The zero-order chi connectivity index (χ0) is 89.0. The summed E-state index contributed by atoms with van der Waals surface area (Å²) in [5.41, 5.74) is 5.01. The number of aliphatic hydroxyl groups is 7. The van der Waals surface area contributed by atoms with Gasteiger partial charge in [-0.3, -0.25) is 24.5 Å². The molecule has 0 saturated carbocycles. The highest BCUT2D eigenvalue weighted by molar-refractivity contribution is 5.76. The number of rotatable bonds is 71. The molecule has 12 N–H and O–H groups in total. The molecule has 1 unspecified atom stereocenters. The van der Waals surface area contributed by atoms with Crippen LogP contribution in [0.25, 0.3) is 10.4 Å². The lowest BCUT2D eigenvalue weighted by Gasteiger charge is -2.42. The summed E-state index contributed by atoms with van der Waals surface area (Å²) in [4.78, 5) is 50.1. The Hall–Kier alpha value is -6.55. The van der Waals surface area contributed by atoms with E-state index in [9.17, 15) is 54.9 Å². The van der Waals surface area contributed by atoms with E-state index < -0.39 is 120 Å². The lowest BCUT2D eigenvalue weighted by atomic mass is 9.88. The normalized spacial score (nSPS) is 25.9. The van der Waals surface area contributed by atoms with Gasteiger partial charge in [0.2, 0.25) is 23.6 Å². The number of hydrogen-bond donors (Lipinski definition) is 12. The van der Waals surface area contributed by atoms with Crippen LogP contribution >= 0.6 is 0 Å². The van der Waals surface area contributed by atoms with Gasteiger partial charge in [0.25, 0.3) is 0 Å². The molecule has 0 spiro atoms. The van der Waals surface area contributed by atoms with Crippen molar-refractivity contribution in [2.45, 2.75) is 214 Å². The van der Waals surface area contributed by atoms with E-state index in [1.807, 2.05) is 0 Å². The van der Waals surface area contributed by atoms with E-state index in [1.54, 1.807) is 32.6 Å². The molecule has 0 radical (unpaired) electrons. The molecule has 6 saturated heterocycles. The smallest absolute Gasteiger partial charge is 0.219 e. The van der Waals surface area contributed by atoms with Crippen molar-refractivity contribution in [1.29, 1.82) is 0 Å². The number of unbranched alkanes of at least 4 members (excludes halogenated alkanes) is 4. The second-order valence-corrected chi connectivity index (χ2v) is 31.0. The predicted octanol–water partition coefficient (Wildman–Crippen LogP) is -5.14. The van der Waals surface area contributed by atoms with Crippen LogP contribution in [0.3, 0.4) is 0 Å². The lowest BCUT2D eigenvalue weighted by molar-refractivity contribution is -0.238. The number of azide groups is 1. The van der Waals surface area contributed by atoms with Crippen LogP contribution in [0.5, 0.6) is 0 Å². The monoisotopic (exact) mass is 1790 g/mol. The van der Waals surface area contributed by atoms with Crippen molar-refractivity contribution in [3.63, 3.8) is 0 Å². The van der Waals surface area contributed by atoms with Crippen LogP contribution in [0, 0.1) is 0 Å². The standard InChI is InChI=1S/C76H129N17O32/c1-53(94)80-61-64(99)67(102)74(50-120-70(61)123-74)47-114-35-32-111-29-26-108-23-20-105-17-14-91-38-56(84-88-91)41-117-44-73(83-60(98)11-7-4-8-12-78-59(97)10-6-5-9-13-79-87-77,45-118-42-57-39-92(89-85-57)15-18-106-21-24-109-27-30-112-33-36-115-48-75-51-121-71(124-75)62(81-54(2)95)65(100)68(75)103)46-119-43-58-40-93(90-86-58)16-19-107-22-25-110-28-31-113-34-37-116-49-76-52-122-72(125-76)63(82-55(3)96)66(101)69(76)104/h38-40,60-72,83,98-104H,4-37,41-52H2,1-3H3,(H,78,97)(H,80,94)(H,81,95)(H,82,96)/t60?,61-,62-,63-,64-,65-,66-,67-,68-,69-,70+,71+,72+,74+,75+,76+/m1/s1. The Morgan fingerprint density at radius 1 is 0.464 bits per heavy atom. The molecule has 3 aromatic rings. The van der Waals surface area contributed by atoms with Crippen molar-refractivity contribution in [2.24, 2.45) is 5.11 Å². The Morgan fingerprint density at radius 2 is 0.784 bits per heavy atom. The molecule has 49 nitrogen and oxygen atoms in total. The van der Waals surface area contributed by atoms with E-state index in [1.165, 1.54) is 20.8 Å². The number of carbonyl (C=O) groups excluding carboxylic acids is 4. The maximum atomic E-state index is 12.5. The molecular weight excluding hydrogens is 1660 g/mol. The first-order valence-corrected chi connectivity index (χ1v) is 42.5. The number of ether oxygens (including phenoxy) is 21. The summed E-state index contributed by atoms with van der Waals surface area (Å²) < 4.78 is 127. The summed E-state index contributed by atoms with van der Waals surface area (Å²) in [5, 5.41) is 119. The third-order valence-electron chi connectivity index (χ3n) is 20.8. The second kappa shape index (κ2) is 55.5. The van der Waals surface area contributed by atoms with Gasteiger partial charge in [-0.25, -0.2) is 14.0 Å². The van der Waals surface area contributed by atoms with E-state index in [0.717, 1.165) is 6.42 Å². The minimum atomic E-state index is -1.35. The number of hydrogen-bond acceptors (Lipinski definition) is 40. The van der Waals surface area contributed by atoms with Gasteiger partial charge in [-0.1, -0.05) is 33.6 Å². The van der Waals surface area contributed by atoms with E-state index in [0.29, 0.717) is 174 Å². The van der Waals surface area contributed by atoms with Gasteiger partial charge in [0.05, 0.1) is 262 Å². The van der Waals surface area contributed by atoms with Crippen molar-refractivity contribution in [2.75, 3.05) is 211 Å². The minimum Gasteiger partial charge on any atom is -0.388 e. The number of fused-ring (bicyclic) bond motifs is 6. The quantitative estimate of drug-likeness (QED) is 0.00827. The highest BCUT2D eigenvalue weighted by Crippen LogP contribution is 2.40. The second-order valence-electron chi connectivity index (χ2n) is 31.0. The third-order valence-corrected chi connectivity index (χ3v) is 20.8. The fourth-order valence-electron chi connectivity index (χ4n) is 14.3. The molecule has 49 heteroatoms. The highest BCUT2D eigenvalue weighted by atomic mass is 16.8. The van der Waals surface area contributed by atoms with E-state index in [-0.39, 0.29) is 145 Å². The van der Waals surface area contributed by atoms with Gasteiger partial charge in [0.15, 0.2) is 18.9 Å². The number of aromatic nitrogens is 9. The lowest BCUT2D eigenvalue weighted by Crippen LogP contribution is -2.66. The van der Waals surface area contributed by atoms with Crippen molar-refractivity contribution >= 4 is 23.6 Å². The molecule has 125 heavy (non-hydrogen) atoms. The van der Waals surface area contributed by atoms with Gasteiger partial charge >= 0.3 is 0 Å². The zero-order valence-electron chi connectivity index (χ0n) is 71.5. The van der Waals surface area contributed by atoms with Gasteiger partial charge in [-0.15, -0.1) is 15.3 Å². The first-order chi connectivity index (χ1) is 60.6. The molecule has 16 atom stereocenters. The Balaban J connectivity index is 0.699. The Bertz CT molecular complexity index is 3290. The summed E-state index contributed by atoms with van der Waals surface area (Å²) in [6, 6.07) is -2.73. The number of nitrogens with one attached hydrogen (secondary N) is 5. The average molecular weight is 1790 g/mol. The summed E-state index contributed by atoms with van der Waals surface area (Å²) in [6.07, 6.45) is -1.74. The fourth-order valence-corrected chi connectivity index (χ4v) is 14.3. The molecule has 4 amide bonds. The molecule has 9 rings (SSSR count). The highest BCUT2D eigenvalue weighted by Gasteiger charge is 2.62. The Kier molecular flexibility index (Phi) is 45.3. The molecular formula is C76H129N17O32. The molecule has 6 bridgehead atoms. The molecule has 3 aromatic heterocycles. The maximum absolute atomic E-state index is 12.5. The third kappa shape index (κ3) is 34.4. The van der Waals surface area contributed by atoms with E-state index in [4.69, 9.17) is 105 Å². The molecule has 0 aromatic carbocycles. The molecule has 710 valence electrons. The molecule has 6 fully saturated rings. The summed E-state index contributed by atoms with van der Waals surface area (Å²) in [7, 11) is 0. The van der Waals surface area contributed by atoms with Crippen LogP contribution in [0.4, 0.5) is 0 Å². The number of carbonyl (C=O) groups is 4. The van der Waals surface area contributed by atoms with Crippen molar-refractivity contribution in [1.82, 2.24) is 71.6 Å². The van der Waals surface area contributed by atoms with Crippen LogP contribution in [0.1, 0.15) is 89.2 Å². The van der Waals surface area contributed by atoms with Crippen LogP contribution in [0.15, 0.2) is 23.7 Å². The number of nitrogens with zero attached hydrogens (tertiary/aromatic N) is 12. The first-order valence-electron chi connectivity index (χ1n) is 42.5. The largest absolute Gasteiger partial charge is 0.388 e. The van der Waals surface area contributed by atoms with Gasteiger partial charge in [0, 0.05) is 45.2 Å². The summed E-state index contributed by atoms with van der Waals surface area (Å²) >= 11 is 0. The van der Waals surface area contributed by atoms with Gasteiger partial charge < -0.3 is 156 Å². The Morgan fingerprint density at radius 3 is 1.11 bits per heavy atom. The number of aliphatic hydroxyl groups excluding tert-OH is 7. The fraction of sp³-hybridized carbons (Fsp3) is 0.868. The van der Waals surface area contributed by atoms with Crippen molar-refractivity contribution in [3.05, 3.63) is 46.1 Å². The maximum Gasteiger partial charge on any atom is 0.219 e. The molecule has 6 aliphatic heterocycles. The predicted molar refractivity (Wildman–Crippen MR) is 424 cm³/mol. The van der Waals surface area contributed by atoms with Crippen LogP contribution < -0.4 is 26.6 Å². The van der Waals surface area contributed by atoms with E-state index in [2.05, 4.69) is 67.5 Å². The number of amides is 4. The van der Waals surface area contributed by atoms with Gasteiger partial charge in [-0.05, 0) is 37.6 Å². The van der Waals surface area contributed by atoms with Crippen LogP contribution in [0.2, 0.25) is 0 Å². The van der Waals surface area contributed by atoms with Crippen LogP contribution in [-0.2, 0) is 158 Å². The van der Waals surface area contributed by atoms with Crippen LogP contribution in [-0.4, -0.2) is 418 Å². The van der Waals surface area contributed by atoms with Crippen molar-refractivity contribution in [3.8, 4) is 0 Å². The average Bonchev–Trinajstić information content (AvgIpc) is 1.62. The van der Waals surface area contributed by atoms with E-state index >= 15 is 0 Å². The summed E-state index contributed by atoms with van der Waals surface area (Å²) in [6.45, 7) is 11.2. The zero-order valence-corrected chi connectivity index (χ0v) is 71.5. The first kappa shape index (κ1) is 102. The molecule has 6 aliphatic rings. The summed E-state index contributed by atoms with van der Waals surface area (Å²) in [5.74, 6) is -1.23. The van der Waals surface area contributed by atoms with Crippen molar-refractivity contribution < 1.29 is 154 Å². The Labute approximate surface area is 723 Å².